The van der Waals surface area contributed by atoms with E-state index in [4.69, 9.17) is 0 Å². The zero-order valence-corrected chi connectivity index (χ0v) is 12.7. The molecule has 0 spiro atoms. The van der Waals surface area contributed by atoms with Crippen LogP contribution in [0.15, 0.2) is 47.5 Å². The van der Waals surface area contributed by atoms with Crippen LogP contribution in [0.1, 0.15) is 39.8 Å². The number of rotatable bonds is 2. The molecule has 2 aromatic rings. The normalized spacial score (nSPS) is 15.5. The van der Waals surface area contributed by atoms with Crippen molar-refractivity contribution in [2.75, 3.05) is 0 Å². The molecule has 0 saturated carbocycles. The van der Waals surface area contributed by atoms with E-state index in [1.807, 2.05) is 0 Å². The van der Waals surface area contributed by atoms with Crippen LogP contribution in [0.25, 0.3) is 12.2 Å². The van der Waals surface area contributed by atoms with Gasteiger partial charge in [-0.1, -0.05) is 59.7 Å². The van der Waals surface area contributed by atoms with Crippen molar-refractivity contribution in [1.29, 1.82) is 0 Å². The van der Waals surface area contributed by atoms with Crippen molar-refractivity contribution >= 4 is 12.2 Å². The van der Waals surface area contributed by atoms with E-state index in [2.05, 4.69) is 62.4 Å². The number of aryl methyl sites for hydroxylation is 2. The van der Waals surface area contributed by atoms with Gasteiger partial charge in [0.15, 0.2) is 0 Å². The molecule has 2 aromatic carbocycles. The van der Waals surface area contributed by atoms with Gasteiger partial charge in [0.1, 0.15) is 0 Å². The summed E-state index contributed by atoms with van der Waals surface area (Å²) in [6.07, 6.45) is 8.22. The van der Waals surface area contributed by atoms with Gasteiger partial charge in [0, 0.05) is 0 Å². The lowest BCUT2D eigenvalue weighted by Crippen LogP contribution is -1.90. The Labute approximate surface area is 126 Å². The maximum atomic E-state index is 2.42. The van der Waals surface area contributed by atoms with Crippen molar-refractivity contribution < 1.29 is 0 Å². The summed E-state index contributed by atoms with van der Waals surface area (Å²) < 4.78 is 0. The van der Waals surface area contributed by atoms with Gasteiger partial charge in [-0.2, -0.15) is 0 Å². The van der Waals surface area contributed by atoms with Gasteiger partial charge < -0.3 is 0 Å². The molecule has 4 rings (SSSR count). The van der Waals surface area contributed by atoms with Gasteiger partial charge in [-0.05, 0) is 66.5 Å². The second kappa shape index (κ2) is 4.73. The first-order chi connectivity index (χ1) is 10.2. The minimum absolute atomic E-state index is 1.13. The van der Waals surface area contributed by atoms with Crippen LogP contribution in [0.4, 0.5) is 0 Å². The Balaban J connectivity index is 1.58. The summed E-state index contributed by atoms with van der Waals surface area (Å²) in [4.78, 5) is 0. The van der Waals surface area contributed by atoms with E-state index in [1.165, 1.54) is 33.4 Å². The molecule has 0 aromatic heterocycles. The fourth-order valence-corrected chi connectivity index (χ4v) is 3.72. The van der Waals surface area contributed by atoms with Crippen molar-refractivity contribution in [1.82, 2.24) is 0 Å². The Kier molecular flexibility index (Phi) is 2.85. The van der Waals surface area contributed by atoms with E-state index in [0.717, 1.165) is 19.3 Å². The van der Waals surface area contributed by atoms with Crippen molar-refractivity contribution in [3.8, 4) is 0 Å². The summed E-state index contributed by atoms with van der Waals surface area (Å²) in [5.41, 5.74) is 11.9. The number of benzene rings is 2. The van der Waals surface area contributed by atoms with Crippen molar-refractivity contribution in [2.24, 2.45) is 0 Å². The molecule has 104 valence electrons. The van der Waals surface area contributed by atoms with Gasteiger partial charge in [0.05, 0.1) is 0 Å². The van der Waals surface area contributed by atoms with Gasteiger partial charge >= 0.3 is 0 Å². The van der Waals surface area contributed by atoms with Crippen LogP contribution in [-0.2, 0) is 12.8 Å². The molecule has 0 saturated heterocycles. The van der Waals surface area contributed by atoms with Crippen LogP contribution in [0.5, 0.6) is 0 Å². The zero-order chi connectivity index (χ0) is 14.4. The van der Waals surface area contributed by atoms with Gasteiger partial charge in [0.2, 0.25) is 0 Å². The molecule has 0 atom stereocenters. The lowest BCUT2D eigenvalue weighted by atomic mass is 10.0. The lowest BCUT2D eigenvalue weighted by molar-refractivity contribution is 1.01. The SMILES string of the molecule is Cc1cccc2c1C=C(CC1=Cc3c(C)cccc3C1)C2. The quantitative estimate of drug-likeness (QED) is 0.698. The average molecular weight is 272 g/mol. The van der Waals surface area contributed by atoms with E-state index in [9.17, 15) is 0 Å². The van der Waals surface area contributed by atoms with Crippen LogP contribution >= 0.6 is 0 Å². The van der Waals surface area contributed by atoms with Gasteiger partial charge in [-0.15, -0.1) is 0 Å². The van der Waals surface area contributed by atoms with Crippen LogP contribution in [0.3, 0.4) is 0 Å². The number of hydrogen-bond donors (Lipinski definition) is 0. The molecule has 0 N–H and O–H groups in total. The molecule has 0 bridgehead atoms. The van der Waals surface area contributed by atoms with Crippen LogP contribution < -0.4 is 0 Å². The highest BCUT2D eigenvalue weighted by atomic mass is 14.2. The van der Waals surface area contributed by atoms with Crippen molar-refractivity contribution in [3.63, 3.8) is 0 Å². The summed E-state index contributed by atoms with van der Waals surface area (Å²) in [6, 6.07) is 13.3. The third-order valence-electron chi connectivity index (χ3n) is 4.81. The van der Waals surface area contributed by atoms with Gasteiger partial charge in [0.25, 0.3) is 0 Å². The molecule has 21 heavy (non-hydrogen) atoms. The largest absolute Gasteiger partial charge is 0.0617 e. The average Bonchev–Trinajstić information content (AvgIpc) is 3.04. The van der Waals surface area contributed by atoms with E-state index in [-0.39, 0.29) is 0 Å². The third-order valence-corrected chi connectivity index (χ3v) is 4.81. The molecule has 0 amide bonds. The predicted octanol–water partition coefficient (Wildman–Crippen LogP) is 5.27. The van der Waals surface area contributed by atoms with Crippen LogP contribution in [-0.4, -0.2) is 0 Å². The fraction of sp³-hybridized carbons (Fsp3) is 0.238. The van der Waals surface area contributed by atoms with Crippen LogP contribution in [0, 0.1) is 13.8 Å². The van der Waals surface area contributed by atoms with E-state index in [0.29, 0.717) is 0 Å². The Bertz CT molecular complexity index is 720. The summed E-state index contributed by atoms with van der Waals surface area (Å²) >= 11 is 0. The lowest BCUT2D eigenvalue weighted by Gasteiger charge is -2.03. The smallest absolute Gasteiger partial charge is 0.00545 e. The summed E-state index contributed by atoms with van der Waals surface area (Å²) in [5.74, 6) is 0. The molecule has 0 fully saturated rings. The van der Waals surface area contributed by atoms with Gasteiger partial charge in [-0.25, -0.2) is 0 Å². The minimum Gasteiger partial charge on any atom is -0.0617 e. The predicted molar refractivity (Wildman–Crippen MR) is 90.3 cm³/mol. The topological polar surface area (TPSA) is 0 Å². The number of allylic oxidation sites excluding steroid dienone is 2. The van der Waals surface area contributed by atoms with Crippen LogP contribution in [0.2, 0.25) is 0 Å². The summed E-state index contributed by atoms with van der Waals surface area (Å²) in [6.45, 7) is 4.43. The minimum atomic E-state index is 1.13. The third kappa shape index (κ3) is 2.15. The molecule has 0 heterocycles. The van der Waals surface area contributed by atoms with E-state index in [1.54, 1.807) is 11.1 Å². The summed E-state index contributed by atoms with van der Waals surface area (Å²) in [7, 11) is 0. The Morgan fingerprint density at radius 3 is 1.62 bits per heavy atom. The second-order valence-corrected chi connectivity index (χ2v) is 6.43. The van der Waals surface area contributed by atoms with E-state index >= 15 is 0 Å². The number of fused-ring (bicyclic) bond motifs is 2. The highest BCUT2D eigenvalue weighted by Crippen LogP contribution is 2.35. The highest BCUT2D eigenvalue weighted by Gasteiger charge is 2.18. The first-order valence-electron chi connectivity index (χ1n) is 7.76. The number of hydrogen-bond acceptors (Lipinski definition) is 0. The first kappa shape index (κ1) is 12.6. The van der Waals surface area contributed by atoms with Crippen molar-refractivity contribution in [2.45, 2.75) is 33.1 Å². The fourth-order valence-electron chi connectivity index (χ4n) is 3.72. The molecule has 0 radical (unpaired) electrons. The molecule has 0 aliphatic heterocycles. The molecule has 2 aliphatic rings. The Hall–Kier alpha value is -2.08. The monoisotopic (exact) mass is 272 g/mol. The Morgan fingerprint density at radius 1 is 0.714 bits per heavy atom. The second-order valence-electron chi connectivity index (χ2n) is 6.43. The van der Waals surface area contributed by atoms with Gasteiger partial charge in [-0.3, -0.25) is 0 Å². The van der Waals surface area contributed by atoms with E-state index < -0.39 is 0 Å². The first-order valence-corrected chi connectivity index (χ1v) is 7.76. The molecular formula is C21H20. The molecule has 2 aliphatic carbocycles. The maximum absolute atomic E-state index is 2.42. The maximum Gasteiger partial charge on any atom is -0.00545 e. The molecular weight excluding hydrogens is 252 g/mol. The zero-order valence-electron chi connectivity index (χ0n) is 12.7. The standard InChI is InChI=1S/C21H20/c1-14-5-3-7-18-10-16(12-20(14)18)9-17-11-19-8-4-6-15(2)21(19)13-17/h3-8,12-13H,9-11H2,1-2H3. The molecule has 0 heteroatoms. The molecule has 0 nitrogen and oxygen atoms in total. The molecule has 0 unspecified atom stereocenters. The van der Waals surface area contributed by atoms with Crippen molar-refractivity contribution in [3.05, 3.63) is 80.9 Å². The Morgan fingerprint density at radius 2 is 1.19 bits per heavy atom. The summed E-state index contributed by atoms with van der Waals surface area (Å²) in [5, 5.41) is 0. The highest BCUT2D eigenvalue weighted by molar-refractivity contribution is 5.70.